The summed E-state index contributed by atoms with van der Waals surface area (Å²) in [5.74, 6) is 0.829. The van der Waals surface area contributed by atoms with Crippen molar-refractivity contribution >= 4 is 0 Å². The van der Waals surface area contributed by atoms with Crippen molar-refractivity contribution in [1.29, 1.82) is 0 Å². The maximum atomic E-state index is 5.85. The summed E-state index contributed by atoms with van der Waals surface area (Å²) in [5, 5.41) is 4.16. The number of nitrogens with zero attached hydrogens (tertiary/aromatic N) is 2. The number of hydrogen-bond donors (Lipinski definition) is 0. The first kappa shape index (κ1) is 11.5. The Balaban J connectivity index is 1.80. The van der Waals surface area contributed by atoms with Gasteiger partial charge >= 0.3 is 0 Å². The van der Waals surface area contributed by atoms with Crippen molar-refractivity contribution in [3.63, 3.8) is 0 Å². The van der Waals surface area contributed by atoms with Gasteiger partial charge in [-0.2, -0.15) is 5.10 Å². The highest BCUT2D eigenvalue weighted by molar-refractivity contribution is 5.11. The van der Waals surface area contributed by atoms with Crippen molar-refractivity contribution in [1.82, 2.24) is 9.78 Å². The molecule has 16 heavy (non-hydrogen) atoms. The highest BCUT2D eigenvalue weighted by Crippen LogP contribution is 2.29. The lowest BCUT2D eigenvalue weighted by Crippen LogP contribution is -2.23. The summed E-state index contributed by atoms with van der Waals surface area (Å²) in [6, 6.07) is 0. The quantitative estimate of drug-likeness (QED) is 0.787. The van der Waals surface area contributed by atoms with Gasteiger partial charge in [0.15, 0.2) is 5.75 Å². The molecule has 2 rings (SSSR count). The molecule has 1 fully saturated rings. The van der Waals surface area contributed by atoms with Crippen LogP contribution < -0.4 is 4.74 Å². The Morgan fingerprint density at radius 3 is 3.00 bits per heavy atom. The summed E-state index contributed by atoms with van der Waals surface area (Å²) in [6.07, 6.45) is 6.08. The van der Waals surface area contributed by atoms with Crippen molar-refractivity contribution in [3.05, 3.63) is 12.4 Å². The van der Waals surface area contributed by atoms with E-state index < -0.39 is 0 Å². The minimum Gasteiger partial charge on any atom is -0.488 e. The largest absolute Gasteiger partial charge is 0.488 e. The van der Waals surface area contributed by atoms with E-state index in [-0.39, 0.29) is 11.7 Å². The van der Waals surface area contributed by atoms with Crippen LogP contribution in [0.2, 0.25) is 0 Å². The fourth-order valence-electron chi connectivity index (χ4n) is 1.98. The molecule has 0 N–H and O–H groups in total. The van der Waals surface area contributed by atoms with Gasteiger partial charge in [-0.1, -0.05) is 0 Å². The highest BCUT2D eigenvalue weighted by Gasteiger charge is 2.31. The van der Waals surface area contributed by atoms with Crippen molar-refractivity contribution < 1.29 is 9.47 Å². The number of ether oxygens (including phenoxy) is 2. The zero-order chi connectivity index (χ0) is 11.6. The monoisotopic (exact) mass is 224 g/mol. The van der Waals surface area contributed by atoms with E-state index in [0.717, 1.165) is 25.1 Å². The van der Waals surface area contributed by atoms with E-state index in [4.69, 9.17) is 9.47 Å². The average molecular weight is 224 g/mol. The standard InChI is InChI=1S/C12H20N2O2/c1-4-14-8-11(7-13-14)15-9-10-5-6-12(2,3)16-10/h7-8,10H,4-6,9H2,1-3H3. The third-order valence-corrected chi connectivity index (χ3v) is 2.92. The maximum Gasteiger partial charge on any atom is 0.157 e. The second-order valence-corrected chi connectivity index (χ2v) is 4.88. The van der Waals surface area contributed by atoms with Gasteiger partial charge in [-0.15, -0.1) is 0 Å². The van der Waals surface area contributed by atoms with Gasteiger partial charge in [-0.05, 0) is 33.6 Å². The van der Waals surface area contributed by atoms with Crippen LogP contribution >= 0.6 is 0 Å². The third kappa shape index (κ3) is 2.76. The fourth-order valence-corrected chi connectivity index (χ4v) is 1.98. The first-order valence-corrected chi connectivity index (χ1v) is 5.92. The van der Waals surface area contributed by atoms with Crippen LogP contribution in [-0.2, 0) is 11.3 Å². The molecular weight excluding hydrogens is 204 g/mol. The maximum absolute atomic E-state index is 5.85. The van der Waals surface area contributed by atoms with E-state index in [1.807, 2.05) is 10.9 Å². The minimum atomic E-state index is 0.0155. The van der Waals surface area contributed by atoms with Crippen LogP contribution in [0.25, 0.3) is 0 Å². The SMILES string of the molecule is CCn1cc(OCC2CCC(C)(C)O2)cn1. The number of aromatic nitrogens is 2. The molecule has 0 radical (unpaired) electrons. The third-order valence-electron chi connectivity index (χ3n) is 2.92. The normalized spacial score (nSPS) is 23.6. The molecule has 0 bridgehead atoms. The van der Waals surface area contributed by atoms with Gasteiger partial charge in [0.2, 0.25) is 0 Å². The van der Waals surface area contributed by atoms with E-state index in [9.17, 15) is 0 Å². The van der Waals surface area contributed by atoms with Crippen LogP contribution in [0.1, 0.15) is 33.6 Å². The lowest BCUT2D eigenvalue weighted by Gasteiger charge is -2.19. The zero-order valence-corrected chi connectivity index (χ0v) is 10.3. The Hall–Kier alpha value is -1.03. The highest BCUT2D eigenvalue weighted by atomic mass is 16.6. The smallest absolute Gasteiger partial charge is 0.157 e. The first-order chi connectivity index (χ1) is 7.59. The van der Waals surface area contributed by atoms with Crippen LogP contribution in [0.3, 0.4) is 0 Å². The molecule has 1 saturated heterocycles. The summed E-state index contributed by atoms with van der Waals surface area (Å²) in [6.45, 7) is 7.80. The van der Waals surface area contributed by atoms with E-state index in [1.54, 1.807) is 6.20 Å². The molecule has 4 heteroatoms. The minimum absolute atomic E-state index is 0.0155. The summed E-state index contributed by atoms with van der Waals surface area (Å²) in [5.41, 5.74) is 0.0155. The molecule has 0 aromatic carbocycles. The van der Waals surface area contributed by atoms with Crippen molar-refractivity contribution in [2.75, 3.05) is 6.61 Å². The summed E-state index contributed by atoms with van der Waals surface area (Å²) in [7, 11) is 0. The molecule has 90 valence electrons. The van der Waals surface area contributed by atoms with Gasteiger partial charge < -0.3 is 9.47 Å². The van der Waals surface area contributed by atoms with Gasteiger partial charge in [-0.25, -0.2) is 0 Å². The molecule has 4 nitrogen and oxygen atoms in total. The number of rotatable bonds is 4. The fraction of sp³-hybridized carbons (Fsp3) is 0.750. The van der Waals surface area contributed by atoms with Crippen molar-refractivity contribution in [2.24, 2.45) is 0 Å². The second-order valence-electron chi connectivity index (χ2n) is 4.88. The Morgan fingerprint density at radius 1 is 1.62 bits per heavy atom. The van der Waals surface area contributed by atoms with Crippen LogP contribution in [0, 0.1) is 0 Å². The van der Waals surface area contributed by atoms with Crippen LogP contribution in [-0.4, -0.2) is 28.1 Å². The lowest BCUT2D eigenvalue weighted by molar-refractivity contribution is -0.0326. The molecule has 1 aliphatic heterocycles. The Kier molecular flexibility index (Phi) is 3.19. The molecule has 0 aliphatic carbocycles. The predicted octanol–water partition coefficient (Wildman–Crippen LogP) is 2.24. The van der Waals surface area contributed by atoms with E-state index in [1.165, 1.54) is 0 Å². The van der Waals surface area contributed by atoms with Gasteiger partial charge in [-0.3, -0.25) is 4.68 Å². The molecule has 2 heterocycles. The molecule has 1 aromatic rings. The average Bonchev–Trinajstić information content (AvgIpc) is 2.81. The molecule has 0 saturated carbocycles. The summed E-state index contributed by atoms with van der Waals surface area (Å²) in [4.78, 5) is 0. The Labute approximate surface area is 96.5 Å². The first-order valence-electron chi connectivity index (χ1n) is 5.92. The number of hydrogen-bond acceptors (Lipinski definition) is 3. The van der Waals surface area contributed by atoms with Crippen molar-refractivity contribution in [2.45, 2.75) is 51.9 Å². The van der Waals surface area contributed by atoms with Gasteiger partial charge in [0.25, 0.3) is 0 Å². The van der Waals surface area contributed by atoms with E-state index in [2.05, 4.69) is 25.9 Å². The molecule has 0 spiro atoms. The molecule has 1 aromatic heterocycles. The van der Waals surface area contributed by atoms with E-state index in [0.29, 0.717) is 6.61 Å². The predicted molar refractivity (Wildman–Crippen MR) is 61.6 cm³/mol. The van der Waals surface area contributed by atoms with Crippen LogP contribution in [0.15, 0.2) is 12.4 Å². The van der Waals surface area contributed by atoms with Gasteiger partial charge in [0.1, 0.15) is 6.61 Å². The van der Waals surface area contributed by atoms with E-state index >= 15 is 0 Å². The molecule has 1 aliphatic rings. The van der Waals surface area contributed by atoms with Crippen molar-refractivity contribution in [3.8, 4) is 5.75 Å². The molecule has 0 amide bonds. The Morgan fingerprint density at radius 2 is 2.44 bits per heavy atom. The summed E-state index contributed by atoms with van der Waals surface area (Å²) < 4.78 is 13.4. The van der Waals surface area contributed by atoms with Crippen LogP contribution in [0.5, 0.6) is 5.75 Å². The lowest BCUT2D eigenvalue weighted by atomic mass is 10.1. The van der Waals surface area contributed by atoms with Gasteiger partial charge in [0, 0.05) is 6.54 Å². The molecule has 1 atom stereocenters. The van der Waals surface area contributed by atoms with Crippen LogP contribution in [0.4, 0.5) is 0 Å². The number of aryl methyl sites for hydroxylation is 1. The molecular formula is C12H20N2O2. The van der Waals surface area contributed by atoms with Gasteiger partial charge in [0.05, 0.1) is 24.1 Å². The Bertz CT molecular complexity index is 347. The zero-order valence-electron chi connectivity index (χ0n) is 10.3. The summed E-state index contributed by atoms with van der Waals surface area (Å²) >= 11 is 0. The second kappa shape index (κ2) is 4.45. The topological polar surface area (TPSA) is 36.3 Å². The molecule has 1 unspecified atom stereocenters.